The van der Waals surface area contributed by atoms with Crippen molar-refractivity contribution < 1.29 is 0 Å². The van der Waals surface area contributed by atoms with Crippen LogP contribution in [0.3, 0.4) is 0 Å². The van der Waals surface area contributed by atoms with Gasteiger partial charge in [-0.3, -0.25) is 0 Å². The van der Waals surface area contributed by atoms with Crippen molar-refractivity contribution in [3.05, 3.63) is 69.7 Å². The lowest BCUT2D eigenvalue weighted by Crippen LogP contribution is -2.19. The third kappa shape index (κ3) is 2.73. The van der Waals surface area contributed by atoms with Crippen LogP contribution in [0.5, 0.6) is 0 Å². The summed E-state index contributed by atoms with van der Waals surface area (Å²) in [5.41, 5.74) is 4.11. The first-order valence-corrected chi connectivity index (χ1v) is 7.94. The number of hydrogen-bond acceptors (Lipinski definition) is 0. The molecule has 19 heavy (non-hydrogen) atoms. The van der Waals surface area contributed by atoms with Gasteiger partial charge >= 0.3 is 0 Å². The standard InChI is InChI=1S/C17H16BrCl/c18-16-8-4-2-6-13(16)11-14-10-9-12-5-1-3-7-15(12)17(14)19/h1-8,14,17H,9-11H2. The Morgan fingerprint density at radius 1 is 1.05 bits per heavy atom. The number of hydrogen-bond donors (Lipinski definition) is 0. The van der Waals surface area contributed by atoms with Gasteiger partial charge in [-0.1, -0.05) is 58.4 Å². The molecule has 2 aromatic carbocycles. The van der Waals surface area contributed by atoms with Crippen LogP contribution in [0.15, 0.2) is 53.0 Å². The van der Waals surface area contributed by atoms with E-state index in [9.17, 15) is 0 Å². The molecule has 0 radical (unpaired) electrons. The fourth-order valence-corrected chi connectivity index (χ4v) is 3.80. The quantitative estimate of drug-likeness (QED) is 0.633. The van der Waals surface area contributed by atoms with Gasteiger partial charge in [-0.05, 0) is 47.9 Å². The van der Waals surface area contributed by atoms with Gasteiger partial charge in [0.05, 0.1) is 5.38 Å². The molecular weight excluding hydrogens is 320 g/mol. The van der Waals surface area contributed by atoms with E-state index in [1.807, 2.05) is 0 Å². The van der Waals surface area contributed by atoms with Crippen LogP contribution in [0.25, 0.3) is 0 Å². The first-order chi connectivity index (χ1) is 9.25. The zero-order valence-corrected chi connectivity index (χ0v) is 13.0. The van der Waals surface area contributed by atoms with Gasteiger partial charge in [-0.15, -0.1) is 11.6 Å². The molecule has 0 saturated carbocycles. The molecule has 0 N–H and O–H groups in total. The monoisotopic (exact) mass is 334 g/mol. The van der Waals surface area contributed by atoms with Crippen molar-refractivity contribution in [3.63, 3.8) is 0 Å². The molecule has 0 aromatic heterocycles. The summed E-state index contributed by atoms with van der Waals surface area (Å²) in [6, 6.07) is 17.0. The van der Waals surface area contributed by atoms with Crippen LogP contribution < -0.4 is 0 Å². The molecule has 2 heteroatoms. The summed E-state index contributed by atoms with van der Waals surface area (Å²) >= 11 is 10.3. The van der Waals surface area contributed by atoms with Crippen LogP contribution in [0, 0.1) is 5.92 Å². The second-order valence-corrected chi connectivity index (χ2v) is 6.52. The topological polar surface area (TPSA) is 0 Å². The maximum absolute atomic E-state index is 6.70. The summed E-state index contributed by atoms with van der Waals surface area (Å²) in [6.45, 7) is 0. The van der Waals surface area contributed by atoms with Gasteiger partial charge in [-0.25, -0.2) is 0 Å². The molecule has 1 aliphatic rings. The van der Waals surface area contributed by atoms with Crippen LogP contribution >= 0.6 is 27.5 Å². The van der Waals surface area contributed by atoms with E-state index in [2.05, 4.69) is 64.5 Å². The van der Waals surface area contributed by atoms with E-state index in [1.54, 1.807) is 0 Å². The molecule has 98 valence electrons. The maximum Gasteiger partial charge on any atom is 0.0619 e. The second kappa shape index (κ2) is 5.68. The highest BCUT2D eigenvalue weighted by molar-refractivity contribution is 9.10. The Bertz CT molecular complexity index is 579. The molecular formula is C17H16BrCl. The average molecular weight is 336 g/mol. The molecule has 1 aliphatic carbocycles. The highest BCUT2D eigenvalue weighted by Gasteiger charge is 2.27. The van der Waals surface area contributed by atoms with Gasteiger partial charge in [0, 0.05) is 4.47 Å². The highest BCUT2D eigenvalue weighted by Crippen LogP contribution is 2.41. The molecule has 3 rings (SSSR count). The van der Waals surface area contributed by atoms with Gasteiger partial charge in [0.2, 0.25) is 0 Å². The molecule has 0 aliphatic heterocycles. The van der Waals surface area contributed by atoms with E-state index in [0.29, 0.717) is 5.92 Å². The normalized spacial score (nSPS) is 22.0. The number of aryl methyl sites for hydroxylation is 1. The number of rotatable bonds is 2. The number of halogens is 2. The van der Waals surface area contributed by atoms with Crippen LogP contribution in [0.4, 0.5) is 0 Å². The zero-order chi connectivity index (χ0) is 13.2. The SMILES string of the molecule is ClC1c2ccccc2CCC1Cc1ccccc1Br. The van der Waals surface area contributed by atoms with Crippen molar-refractivity contribution in [1.82, 2.24) is 0 Å². The van der Waals surface area contributed by atoms with Crippen molar-refractivity contribution in [2.75, 3.05) is 0 Å². The Labute approximate surface area is 127 Å². The van der Waals surface area contributed by atoms with E-state index in [0.717, 1.165) is 12.8 Å². The molecule has 0 amide bonds. The van der Waals surface area contributed by atoms with Crippen LogP contribution in [0.2, 0.25) is 0 Å². The molecule has 0 nitrogen and oxygen atoms in total. The van der Waals surface area contributed by atoms with Crippen molar-refractivity contribution >= 4 is 27.5 Å². The summed E-state index contributed by atoms with van der Waals surface area (Å²) in [5.74, 6) is 0.523. The van der Waals surface area contributed by atoms with E-state index < -0.39 is 0 Å². The minimum absolute atomic E-state index is 0.136. The molecule has 2 atom stereocenters. The van der Waals surface area contributed by atoms with E-state index in [1.165, 1.54) is 27.6 Å². The lowest BCUT2D eigenvalue weighted by Gasteiger charge is -2.30. The van der Waals surface area contributed by atoms with Crippen LogP contribution in [-0.4, -0.2) is 0 Å². The van der Waals surface area contributed by atoms with Gasteiger partial charge < -0.3 is 0 Å². The highest BCUT2D eigenvalue weighted by atomic mass is 79.9. The van der Waals surface area contributed by atoms with Crippen LogP contribution in [-0.2, 0) is 12.8 Å². The summed E-state index contributed by atoms with van der Waals surface area (Å²) in [5, 5.41) is 0.136. The van der Waals surface area contributed by atoms with E-state index in [-0.39, 0.29) is 5.38 Å². The Balaban J connectivity index is 1.83. The Hall–Kier alpha value is -0.790. The third-order valence-corrected chi connectivity index (χ3v) is 5.36. The van der Waals surface area contributed by atoms with Gasteiger partial charge in [0.15, 0.2) is 0 Å². The van der Waals surface area contributed by atoms with Crippen molar-refractivity contribution in [2.24, 2.45) is 5.92 Å². The second-order valence-electron chi connectivity index (χ2n) is 5.19. The largest absolute Gasteiger partial charge is 0.117 e. The van der Waals surface area contributed by atoms with E-state index >= 15 is 0 Å². The van der Waals surface area contributed by atoms with E-state index in [4.69, 9.17) is 11.6 Å². The van der Waals surface area contributed by atoms with Crippen molar-refractivity contribution in [1.29, 1.82) is 0 Å². The zero-order valence-electron chi connectivity index (χ0n) is 10.7. The van der Waals surface area contributed by atoms with Gasteiger partial charge in [0.1, 0.15) is 0 Å². The molecule has 2 aromatic rings. The fourth-order valence-electron chi connectivity index (χ4n) is 2.92. The smallest absolute Gasteiger partial charge is 0.0619 e. The summed E-state index contributed by atoms with van der Waals surface area (Å²) in [6.07, 6.45) is 3.37. The Morgan fingerprint density at radius 2 is 1.79 bits per heavy atom. The maximum atomic E-state index is 6.70. The number of fused-ring (bicyclic) bond motifs is 1. The average Bonchev–Trinajstić information content (AvgIpc) is 2.44. The van der Waals surface area contributed by atoms with Crippen molar-refractivity contribution in [2.45, 2.75) is 24.6 Å². The molecule has 0 bridgehead atoms. The lowest BCUT2D eigenvalue weighted by molar-refractivity contribution is 0.441. The van der Waals surface area contributed by atoms with Crippen molar-refractivity contribution in [3.8, 4) is 0 Å². The summed E-state index contributed by atoms with van der Waals surface area (Å²) in [7, 11) is 0. The minimum Gasteiger partial charge on any atom is -0.117 e. The Morgan fingerprint density at radius 3 is 2.63 bits per heavy atom. The first kappa shape index (κ1) is 13.2. The van der Waals surface area contributed by atoms with Gasteiger partial charge in [-0.2, -0.15) is 0 Å². The first-order valence-electron chi connectivity index (χ1n) is 6.71. The predicted octanol–water partition coefficient (Wildman–Crippen LogP) is 5.53. The predicted molar refractivity (Wildman–Crippen MR) is 84.7 cm³/mol. The Kier molecular flexibility index (Phi) is 3.95. The molecule has 0 heterocycles. The third-order valence-electron chi connectivity index (χ3n) is 3.99. The molecule has 0 saturated heterocycles. The molecule has 0 spiro atoms. The fraction of sp³-hybridized carbons (Fsp3) is 0.294. The summed E-state index contributed by atoms with van der Waals surface area (Å²) < 4.78 is 1.19. The lowest BCUT2D eigenvalue weighted by atomic mass is 9.80. The van der Waals surface area contributed by atoms with Gasteiger partial charge in [0.25, 0.3) is 0 Å². The number of benzene rings is 2. The molecule has 2 unspecified atom stereocenters. The number of alkyl halides is 1. The molecule has 0 fully saturated rings. The summed E-state index contributed by atoms with van der Waals surface area (Å²) in [4.78, 5) is 0. The van der Waals surface area contributed by atoms with Crippen LogP contribution in [0.1, 0.15) is 28.5 Å². The minimum atomic E-state index is 0.136.